The summed E-state index contributed by atoms with van der Waals surface area (Å²) >= 11 is 0. The van der Waals surface area contributed by atoms with Crippen molar-refractivity contribution in [2.45, 2.75) is 51.5 Å². The van der Waals surface area contributed by atoms with Crippen LogP contribution in [0.1, 0.15) is 50.5 Å². The minimum Gasteiger partial charge on any atom is -0.338 e. The van der Waals surface area contributed by atoms with Crippen LogP contribution in [0.4, 0.5) is 8.78 Å². The predicted octanol–water partition coefficient (Wildman–Crippen LogP) is 3.97. The molecule has 3 aliphatic rings. The quantitative estimate of drug-likeness (QED) is 0.809. The van der Waals surface area contributed by atoms with Gasteiger partial charge in [0.25, 0.3) is 0 Å². The summed E-state index contributed by atoms with van der Waals surface area (Å²) in [5.74, 6) is -0.664. The zero-order valence-corrected chi connectivity index (χ0v) is 15.4. The molecule has 3 nitrogen and oxygen atoms in total. The zero-order valence-electron chi connectivity index (χ0n) is 15.4. The highest BCUT2D eigenvalue weighted by Gasteiger charge is 2.48. The molecular weight excluding hydrogens is 334 g/mol. The van der Waals surface area contributed by atoms with E-state index in [0.29, 0.717) is 18.7 Å². The van der Waals surface area contributed by atoms with E-state index in [1.807, 2.05) is 4.90 Å². The van der Waals surface area contributed by atoms with Crippen LogP contribution in [-0.4, -0.2) is 41.9 Å². The zero-order chi connectivity index (χ0) is 18.1. The molecule has 0 aromatic heterocycles. The Labute approximate surface area is 154 Å². The smallest absolute Gasteiger partial charge is 0.230 e. The number of likely N-dealkylation sites (tertiary alicyclic amines) is 2. The SMILES string of the molecule is O=C1N(Cc2ccc(F)c(F)c2)CCCC12CCN(CC1CCCC1)C2. The topological polar surface area (TPSA) is 23.6 Å². The largest absolute Gasteiger partial charge is 0.338 e. The highest BCUT2D eigenvalue weighted by molar-refractivity contribution is 5.84. The van der Waals surface area contributed by atoms with Crippen molar-refractivity contribution in [1.29, 1.82) is 0 Å². The molecule has 2 aliphatic heterocycles. The second-order valence-corrected chi connectivity index (χ2v) is 8.49. The summed E-state index contributed by atoms with van der Waals surface area (Å²) in [5.41, 5.74) is 0.408. The van der Waals surface area contributed by atoms with E-state index in [-0.39, 0.29) is 11.3 Å². The number of amides is 1. The van der Waals surface area contributed by atoms with Gasteiger partial charge in [-0.2, -0.15) is 0 Å². The van der Waals surface area contributed by atoms with Crippen LogP contribution in [0.25, 0.3) is 0 Å². The van der Waals surface area contributed by atoms with E-state index in [1.165, 1.54) is 31.7 Å². The summed E-state index contributed by atoms with van der Waals surface area (Å²) in [6, 6.07) is 3.94. The van der Waals surface area contributed by atoms with Crippen LogP contribution in [0, 0.1) is 23.0 Å². The van der Waals surface area contributed by atoms with Gasteiger partial charge in [0.1, 0.15) is 0 Å². The van der Waals surface area contributed by atoms with Gasteiger partial charge in [-0.1, -0.05) is 18.9 Å². The standard InChI is InChI=1S/C21H28F2N2O/c22-18-7-6-17(12-19(18)23)14-25-10-3-8-21(20(25)26)9-11-24(15-21)13-16-4-1-2-5-16/h6-7,12,16H,1-5,8-11,13-15H2. The monoisotopic (exact) mass is 362 g/mol. The lowest BCUT2D eigenvalue weighted by atomic mass is 9.78. The first-order valence-corrected chi connectivity index (χ1v) is 10.0. The molecule has 2 saturated heterocycles. The maximum Gasteiger partial charge on any atom is 0.230 e. The third-order valence-corrected chi connectivity index (χ3v) is 6.61. The van der Waals surface area contributed by atoms with Crippen LogP contribution < -0.4 is 0 Å². The van der Waals surface area contributed by atoms with E-state index >= 15 is 0 Å². The lowest BCUT2D eigenvalue weighted by Crippen LogP contribution is -2.49. The van der Waals surface area contributed by atoms with Gasteiger partial charge < -0.3 is 9.80 Å². The van der Waals surface area contributed by atoms with Crippen molar-refractivity contribution in [3.63, 3.8) is 0 Å². The molecule has 1 atom stereocenters. The lowest BCUT2D eigenvalue weighted by molar-refractivity contribution is -0.146. The Kier molecular flexibility index (Phi) is 5.00. The van der Waals surface area contributed by atoms with E-state index in [1.54, 1.807) is 6.07 Å². The molecule has 1 aromatic rings. The second-order valence-electron chi connectivity index (χ2n) is 8.49. The molecule has 0 radical (unpaired) electrons. The maximum absolute atomic E-state index is 13.5. The molecule has 1 saturated carbocycles. The Morgan fingerprint density at radius 1 is 1.04 bits per heavy atom. The Bertz CT molecular complexity index is 674. The fraction of sp³-hybridized carbons (Fsp3) is 0.667. The van der Waals surface area contributed by atoms with Gasteiger partial charge in [-0.3, -0.25) is 4.79 Å². The van der Waals surface area contributed by atoms with Crippen LogP contribution in [0.3, 0.4) is 0 Å². The molecule has 4 rings (SSSR count). The highest BCUT2D eigenvalue weighted by atomic mass is 19.2. The van der Waals surface area contributed by atoms with Crippen molar-refractivity contribution in [3.8, 4) is 0 Å². The van der Waals surface area contributed by atoms with Crippen LogP contribution in [0.5, 0.6) is 0 Å². The number of piperidine rings is 1. The number of carbonyl (C=O) groups is 1. The summed E-state index contributed by atoms with van der Waals surface area (Å²) in [4.78, 5) is 17.6. The molecular formula is C21H28F2N2O. The number of hydrogen-bond donors (Lipinski definition) is 0. The van der Waals surface area contributed by atoms with Crippen molar-refractivity contribution in [1.82, 2.24) is 9.80 Å². The summed E-state index contributed by atoms with van der Waals surface area (Å²) in [6.07, 6.45) is 8.26. The minimum absolute atomic E-state index is 0.211. The van der Waals surface area contributed by atoms with E-state index < -0.39 is 11.6 Å². The van der Waals surface area contributed by atoms with E-state index in [4.69, 9.17) is 0 Å². The lowest BCUT2D eigenvalue weighted by Gasteiger charge is -2.39. The van der Waals surface area contributed by atoms with Gasteiger partial charge in [0.05, 0.1) is 5.41 Å². The van der Waals surface area contributed by atoms with E-state index in [9.17, 15) is 13.6 Å². The number of benzene rings is 1. The Morgan fingerprint density at radius 3 is 2.62 bits per heavy atom. The van der Waals surface area contributed by atoms with Gasteiger partial charge in [0.2, 0.25) is 5.91 Å². The molecule has 0 bridgehead atoms. The molecule has 1 unspecified atom stereocenters. The minimum atomic E-state index is -0.842. The number of rotatable bonds is 4. The number of nitrogens with zero attached hydrogens (tertiary/aromatic N) is 2. The average Bonchev–Trinajstić information content (AvgIpc) is 3.27. The summed E-state index contributed by atoms with van der Waals surface area (Å²) < 4.78 is 26.6. The van der Waals surface area contributed by atoms with E-state index in [0.717, 1.165) is 50.9 Å². The van der Waals surface area contributed by atoms with Crippen LogP contribution >= 0.6 is 0 Å². The molecule has 1 spiro atoms. The maximum atomic E-state index is 13.5. The molecule has 0 N–H and O–H groups in total. The van der Waals surface area contributed by atoms with Gasteiger partial charge in [0.15, 0.2) is 11.6 Å². The van der Waals surface area contributed by atoms with Crippen LogP contribution in [-0.2, 0) is 11.3 Å². The summed E-state index contributed by atoms with van der Waals surface area (Å²) in [6.45, 7) is 4.11. The van der Waals surface area contributed by atoms with Crippen molar-refractivity contribution >= 4 is 5.91 Å². The molecule has 142 valence electrons. The average molecular weight is 362 g/mol. The predicted molar refractivity (Wildman–Crippen MR) is 96.5 cm³/mol. The van der Waals surface area contributed by atoms with Crippen molar-refractivity contribution < 1.29 is 13.6 Å². The fourth-order valence-corrected chi connectivity index (χ4v) is 5.21. The fourth-order valence-electron chi connectivity index (χ4n) is 5.21. The molecule has 1 aliphatic carbocycles. The normalized spacial score (nSPS) is 27.8. The van der Waals surface area contributed by atoms with Gasteiger partial charge in [-0.25, -0.2) is 8.78 Å². The number of carbonyl (C=O) groups excluding carboxylic acids is 1. The molecule has 1 amide bonds. The first kappa shape index (κ1) is 17.9. The Hall–Kier alpha value is -1.49. The van der Waals surface area contributed by atoms with Crippen molar-refractivity contribution in [2.75, 3.05) is 26.2 Å². The molecule has 26 heavy (non-hydrogen) atoms. The van der Waals surface area contributed by atoms with Gasteiger partial charge in [-0.05, 0) is 62.3 Å². The van der Waals surface area contributed by atoms with Crippen LogP contribution in [0.15, 0.2) is 18.2 Å². The van der Waals surface area contributed by atoms with E-state index in [2.05, 4.69) is 4.90 Å². The van der Waals surface area contributed by atoms with Gasteiger partial charge in [-0.15, -0.1) is 0 Å². The van der Waals surface area contributed by atoms with Crippen molar-refractivity contribution in [3.05, 3.63) is 35.4 Å². The first-order chi connectivity index (χ1) is 12.6. The first-order valence-electron chi connectivity index (χ1n) is 10.0. The third-order valence-electron chi connectivity index (χ3n) is 6.61. The Morgan fingerprint density at radius 2 is 1.85 bits per heavy atom. The molecule has 3 fully saturated rings. The number of halogens is 2. The number of hydrogen-bond acceptors (Lipinski definition) is 2. The second kappa shape index (κ2) is 7.26. The summed E-state index contributed by atoms with van der Waals surface area (Å²) in [7, 11) is 0. The molecule has 5 heteroatoms. The van der Waals surface area contributed by atoms with Gasteiger partial charge in [0, 0.05) is 26.2 Å². The van der Waals surface area contributed by atoms with Gasteiger partial charge >= 0.3 is 0 Å². The Balaban J connectivity index is 1.41. The van der Waals surface area contributed by atoms with Crippen LogP contribution in [0.2, 0.25) is 0 Å². The highest BCUT2D eigenvalue weighted by Crippen LogP contribution is 2.41. The third kappa shape index (κ3) is 3.51. The summed E-state index contributed by atoms with van der Waals surface area (Å²) in [5, 5.41) is 0. The molecule has 2 heterocycles. The molecule has 1 aromatic carbocycles. The van der Waals surface area contributed by atoms with Crippen molar-refractivity contribution in [2.24, 2.45) is 11.3 Å².